The molecule has 0 N–H and O–H groups in total. The third kappa shape index (κ3) is 6.52. The number of aryl methyl sites for hydroxylation is 1. The van der Waals surface area contributed by atoms with Crippen molar-refractivity contribution in [3.63, 3.8) is 0 Å². The predicted molar refractivity (Wildman–Crippen MR) is 92.1 cm³/mol. The maximum absolute atomic E-state index is 4.40. The average molecular weight is 535 g/mol. The maximum atomic E-state index is 4.40. The average Bonchev–Trinajstić information content (AvgIpc) is 2.90. The molecule has 7 heteroatoms. The molecule has 0 radical (unpaired) electrons. The molecule has 0 aliphatic carbocycles. The molecule has 0 atom stereocenters. The molecule has 112 valence electrons. The van der Waals surface area contributed by atoms with Crippen LogP contribution in [0.5, 0.6) is 0 Å². The molecule has 0 aliphatic heterocycles. The molecule has 0 saturated carbocycles. The van der Waals surface area contributed by atoms with Crippen molar-refractivity contribution in [1.82, 2.24) is 8.75 Å². The van der Waals surface area contributed by atoms with Gasteiger partial charge in [0.1, 0.15) is 17.8 Å². The standard InChI is InChI=1S/C12H16N3S2.CH3I.HI/c1-3-4-8-16-12-11(13-17-14-12)10-6-5-7-15(2)9-10;1-2;/h5-7,9H,3-4,8H2,1-2H3;1H3;1H/q+1;;/p-1. The zero-order valence-corrected chi connectivity index (χ0v) is 17.8. The van der Waals surface area contributed by atoms with Crippen molar-refractivity contribution >= 4 is 46.1 Å². The Labute approximate surface area is 160 Å². The van der Waals surface area contributed by atoms with Crippen molar-refractivity contribution in [2.75, 3.05) is 10.7 Å². The topological polar surface area (TPSA) is 29.7 Å². The Bertz CT molecular complexity index is 492. The first-order valence-corrected chi connectivity index (χ1v) is 9.97. The molecule has 2 aromatic rings. The number of hydrogen-bond donors (Lipinski definition) is 0. The highest BCUT2D eigenvalue weighted by molar-refractivity contribution is 14.1. The lowest BCUT2D eigenvalue weighted by molar-refractivity contribution is -0.671. The fourth-order valence-electron chi connectivity index (χ4n) is 1.49. The second-order valence-electron chi connectivity index (χ2n) is 3.88. The van der Waals surface area contributed by atoms with E-state index in [2.05, 4.69) is 50.5 Å². The summed E-state index contributed by atoms with van der Waals surface area (Å²) in [7, 11) is 2.02. The van der Waals surface area contributed by atoms with Crippen LogP contribution in [0.15, 0.2) is 29.6 Å². The van der Waals surface area contributed by atoms with Crippen molar-refractivity contribution in [3.8, 4) is 11.3 Å². The summed E-state index contributed by atoms with van der Waals surface area (Å²) in [5.41, 5.74) is 2.16. The maximum Gasteiger partial charge on any atom is 0.178 e. The number of nitrogens with zero attached hydrogens (tertiary/aromatic N) is 3. The van der Waals surface area contributed by atoms with Gasteiger partial charge in [0, 0.05) is 6.07 Å². The van der Waals surface area contributed by atoms with Gasteiger partial charge in [-0.15, -0.1) is 11.8 Å². The largest absolute Gasteiger partial charge is 1.00 e. The first kappa shape index (κ1) is 20.5. The molecule has 2 rings (SSSR count). The van der Waals surface area contributed by atoms with Gasteiger partial charge in [-0.1, -0.05) is 35.9 Å². The number of hydrogen-bond acceptors (Lipinski definition) is 4. The summed E-state index contributed by atoms with van der Waals surface area (Å²) in [5.74, 6) is 1.12. The van der Waals surface area contributed by atoms with Crippen LogP contribution in [0.4, 0.5) is 0 Å². The third-order valence-corrected chi connectivity index (χ3v) is 4.10. The highest BCUT2D eigenvalue weighted by atomic mass is 127. The molecule has 3 nitrogen and oxygen atoms in total. The Hall–Kier alpha value is 0.520. The van der Waals surface area contributed by atoms with E-state index in [4.69, 9.17) is 0 Å². The predicted octanol–water partition coefficient (Wildman–Crippen LogP) is 0.977. The van der Waals surface area contributed by atoms with E-state index in [1.807, 2.05) is 28.8 Å². The van der Waals surface area contributed by atoms with Crippen LogP contribution in [0.25, 0.3) is 11.3 Å². The molecule has 20 heavy (non-hydrogen) atoms. The minimum atomic E-state index is 0. The van der Waals surface area contributed by atoms with Crippen molar-refractivity contribution in [2.45, 2.75) is 24.8 Å². The zero-order chi connectivity index (χ0) is 14.1. The van der Waals surface area contributed by atoms with Gasteiger partial charge in [-0.2, -0.15) is 8.75 Å². The van der Waals surface area contributed by atoms with Crippen LogP contribution in [0.1, 0.15) is 19.8 Å². The van der Waals surface area contributed by atoms with Gasteiger partial charge in [-0.25, -0.2) is 4.57 Å². The molecule has 0 aliphatic rings. The second kappa shape index (κ2) is 12.1. The Morgan fingerprint density at radius 2 is 2.10 bits per heavy atom. The summed E-state index contributed by atoms with van der Waals surface area (Å²) in [5, 5.41) is 1.06. The lowest BCUT2D eigenvalue weighted by Crippen LogP contribution is -3.00. The van der Waals surface area contributed by atoms with E-state index >= 15 is 0 Å². The fourth-order valence-corrected chi connectivity index (χ4v) is 3.26. The monoisotopic (exact) mass is 535 g/mol. The van der Waals surface area contributed by atoms with Crippen LogP contribution in [-0.4, -0.2) is 19.4 Å². The number of aromatic nitrogens is 3. The van der Waals surface area contributed by atoms with Crippen molar-refractivity contribution < 1.29 is 28.5 Å². The van der Waals surface area contributed by atoms with E-state index in [1.165, 1.54) is 24.6 Å². The van der Waals surface area contributed by atoms with Crippen LogP contribution < -0.4 is 28.5 Å². The van der Waals surface area contributed by atoms with E-state index in [0.29, 0.717) is 0 Å². The molecule has 2 aromatic heterocycles. The van der Waals surface area contributed by atoms with Crippen LogP contribution in [-0.2, 0) is 7.05 Å². The second-order valence-corrected chi connectivity index (χ2v) is 5.49. The molecule has 0 spiro atoms. The highest BCUT2D eigenvalue weighted by Crippen LogP contribution is 2.29. The Morgan fingerprint density at radius 1 is 1.35 bits per heavy atom. The van der Waals surface area contributed by atoms with Gasteiger partial charge < -0.3 is 24.0 Å². The molecule has 0 unspecified atom stereocenters. The SMILES string of the molecule is CCCCSc1nsnc1-c1ccc[n+](C)c1.CI.[I-]. The first-order chi connectivity index (χ1) is 9.31. The summed E-state index contributed by atoms with van der Waals surface area (Å²) < 4.78 is 10.8. The Kier molecular flexibility index (Phi) is 12.4. The molecular formula is C13H19I2N3S2. The molecule has 0 saturated heterocycles. The Morgan fingerprint density at radius 3 is 2.75 bits per heavy atom. The zero-order valence-electron chi connectivity index (χ0n) is 11.8. The number of halogens is 2. The van der Waals surface area contributed by atoms with Crippen molar-refractivity contribution in [2.24, 2.45) is 7.05 Å². The minimum Gasteiger partial charge on any atom is -1.00 e. The summed E-state index contributed by atoms with van der Waals surface area (Å²) in [6.07, 6.45) is 6.55. The van der Waals surface area contributed by atoms with Gasteiger partial charge in [0.25, 0.3) is 0 Å². The number of rotatable bonds is 5. The fraction of sp³-hybridized carbons (Fsp3) is 0.462. The van der Waals surface area contributed by atoms with Crippen LogP contribution in [0, 0.1) is 0 Å². The number of thioether (sulfide) groups is 1. The van der Waals surface area contributed by atoms with E-state index in [9.17, 15) is 0 Å². The summed E-state index contributed by atoms with van der Waals surface area (Å²) in [6.45, 7) is 2.21. The lowest BCUT2D eigenvalue weighted by atomic mass is 10.2. The highest BCUT2D eigenvalue weighted by Gasteiger charge is 2.12. The van der Waals surface area contributed by atoms with Gasteiger partial charge in [-0.05, 0) is 23.2 Å². The summed E-state index contributed by atoms with van der Waals surface area (Å²) >= 11 is 5.25. The number of unbranched alkanes of at least 4 members (excludes halogenated alkanes) is 1. The quantitative estimate of drug-likeness (QED) is 0.188. The van der Waals surface area contributed by atoms with E-state index in [0.717, 1.165) is 22.0 Å². The van der Waals surface area contributed by atoms with Crippen LogP contribution in [0.3, 0.4) is 0 Å². The lowest BCUT2D eigenvalue weighted by Gasteiger charge is -1.99. The third-order valence-electron chi connectivity index (χ3n) is 2.41. The Balaban J connectivity index is 0.00000115. The van der Waals surface area contributed by atoms with Crippen molar-refractivity contribution in [3.05, 3.63) is 24.5 Å². The summed E-state index contributed by atoms with van der Waals surface area (Å²) in [4.78, 5) is 1.97. The number of alkyl halides is 1. The molecule has 2 heterocycles. The van der Waals surface area contributed by atoms with Gasteiger partial charge >= 0.3 is 0 Å². The van der Waals surface area contributed by atoms with E-state index in [1.54, 1.807) is 11.8 Å². The minimum absolute atomic E-state index is 0. The number of pyridine rings is 1. The molecule has 0 fully saturated rings. The van der Waals surface area contributed by atoms with Gasteiger partial charge in [-0.3, -0.25) is 0 Å². The van der Waals surface area contributed by atoms with Crippen LogP contribution >= 0.6 is 46.1 Å². The summed E-state index contributed by atoms with van der Waals surface area (Å²) in [6, 6.07) is 4.12. The smallest absolute Gasteiger partial charge is 0.178 e. The van der Waals surface area contributed by atoms with Crippen LogP contribution in [0.2, 0.25) is 0 Å². The van der Waals surface area contributed by atoms with Gasteiger partial charge in [0.2, 0.25) is 0 Å². The van der Waals surface area contributed by atoms with Gasteiger partial charge in [0.05, 0.1) is 17.3 Å². The molecular weight excluding hydrogens is 516 g/mol. The first-order valence-electron chi connectivity index (χ1n) is 6.10. The van der Waals surface area contributed by atoms with Crippen molar-refractivity contribution in [1.29, 1.82) is 0 Å². The molecule has 0 aromatic carbocycles. The van der Waals surface area contributed by atoms with E-state index in [-0.39, 0.29) is 24.0 Å². The molecule has 0 bridgehead atoms. The normalized spacial score (nSPS) is 9.40. The molecule has 0 amide bonds. The van der Waals surface area contributed by atoms with E-state index < -0.39 is 0 Å². The van der Waals surface area contributed by atoms with Gasteiger partial charge in [0.15, 0.2) is 12.4 Å².